The number of unbranched alkanes of at least 4 members (excludes halogenated alkanes) is 1. The highest BCUT2D eigenvalue weighted by Crippen LogP contribution is 2.24. The Hall–Kier alpha value is -1.59. The van der Waals surface area contributed by atoms with E-state index in [1.165, 1.54) is 5.56 Å². The number of nitrogens with two attached hydrogens (primary N) is 1. The standard InChI is InChI=1S/C16H23N3O2.ClH/c17-8-1-2-9-18-15(20)5-3-4-12-6-7-14-13(10-12)11-16(21)19-14;/h6-7,10H,1-5,8-9,11,17H2,(H,18,20)(H,19,21);1H. The first-order valence-corrected chi connectivity index (χ1v) is 7.57. The Morgan fingerprint density at radius 2 is 2.09 bits per heavy atom. The maximum Gasteiger partial charge on any atom is 0.228 e. The minimum atomic E-state index is 0. The van der Waals surface area contributed by atoms with Crippen LogP contribution in [0.2, 0.25) is 0 Å². The summed E-state index contributed by atoms with van der Waals surface area (Å²) in [5.41, 5.74) is 8.56. The first kappa shape index (κ1) is 18.5. The second-order valence-electron chi connectivity index (χ2n) is 5.42. The van der Waals surface area contributed by atoms with Crippen LogP contribution in [0.3, 0.4) is 0 Å². The van der Waals surface area contributed by atoms with Crippen molar-refractivity contribution < 1.29 is 9.59 Å². The lowest BCUT2D eigenvalue weighted by Gasteiger charge is -2.06. The Labute approximate surface area is 137 Å². The predicted molar refractivity (Wildman–Crippen MR) is 90.3 cm³/mol. The third kappa shape index (κ3) is 5.66. The molecule has 0 spiro atoms. The molecule has 1 heterocycles. The second-order valence-corrected chi connectivity index (χ2v) is 5.42. The summed E-state index contributed by atoms with van der Waals surface area (Å²) in [6.07, 6.45) is 4.57. The van der Waals surface area contributed by atoms with E-state index >= 15 is 0 Å². The quantitative estimate of drug-likeness (QED) is 0.637. The highest BCUT2D eigenvalue weighted by molar-refractivity contribution is 5.99. The summed E-state index contributed by atoms with van der Waals surface area (Å²) < 4.78 is 0. The van der Waals surface area contributed by atoms with E-state index in [1.807, 2.05) is 12.1 Å². The maximum absolute atomic E-state index is 11.6. The van der Waals surface area contributed by atoms with E-state index in [0.29, 0.717) is 25.9 Å². The SMILES string of the molecule is Cl.NCCCCNC(=O)CCCc1ccc2c(c1)CC(=O)N2. The van der Waals surface area contributed by atoms with E-state index < -0.39 is 0 Å². The van der Waals surface area contributed by atoms with Crippen LogP contribution in [0.5, 0.6) is 0 Å². The summed E-state index contributed by atoms with van der Waals surface area (Å²) in [7, 11) is 0. The Morgan fingerprint density at radius 1 is 1.27 bits per heavy atom. The van der Waals surface area contributed by atoms with Crippen molar-refractivity contribution in [2.75, 3.05) is 18.4 Å². The van der Waals surface area contributed by atoms with Crippen LogP contribution >= 0.6 is 12.4 Å². The number of benzene rings is 1. The normalized spacial score (nSPS) is 12.3. The first-order valence-electron chi connectivity index (χ1n) is 7.57. The van der Waals surface area contributed by atoms with Crippen LogP contribution in [0, 0.1) is 0 Å². The third-order valence-corrected chi connectivity index (χ3v) is 3.62. The number of carbonyl (C=O) groups is 2. The molecule has 0 radical (unpaired) electrons. The molecule has 0 aliphatic carbocycles. The topological polar surface area (TPSA) is 84.2 Å². The van der Waals surface area contributed by atoms with Gasteiger partial charge < -0.3 is 16.4 Å². The zero-order valence-electron chi connectivity index (χ0n) is 12.7. The minimum absolute atomic E-state index is 0. The van der Waals surface area contributed by atoms with E-state index in [-0.39, 0.29) is 24.2 Å². The number of nitrogens with one attached hydrogen (secondary N) is 2. The van der Waals surface area contributed by atoms with Crippen molar-refractivity contribution in [2.24, 2.45) is 5.73 Å². The van der Waals surface area contributed by atoms with Crippen molar-refractivity contribution in [1.29, 1.82) is 0 Å². The van der Waals surface area contributed by atoms with Gasteiger partial charge >= 0.3 is 0 Å². The fourth-order valence-corrected chi connectivity index (χ4v) is 2.48. The van der Waals surface area contributed by atoms with Crippen LogP contribution in [0.4, 0.5) is 5.69 Å². The molecule has 122 valence electrons. The van der Waals surface area contributed by atoms with Gasteiger partial charge in [-0.2, -0.15) is 0 Å². The number of carbonyl (C=O) groups excluding carboxylic acids is 2. The van der Waals surface area contributed by atoms with E-state index in [2.05, 4.69) is 16.7 Å². The molecule has 1 aromatic carbocycles. The smallest absolute Gasteiger partial charge is 0.228 e. The minimum Gasteiger partial charge on any atom is -0.356 e. The number of halogens is 1. The number of anilines is 1. The van der Waals surface area contributed by atoms with Crippen LogP contribution in [-0.2, 0) is 22.4 Å². The Morgan fingerprint density at radius 3 is 2.86 bits per heavy atom. The molecule has 4 N–H and O–H groups in total. The number of hydrogen-bond donors (Lipinski definition) is 3. The summed E-state index contributed by atoms with van der Waals surface area (Å²) >= 11 is 0. The van der Waals surface area contributed by atoms with Crippen molar-refractivity contribution in [3.8, 4) is 0 Å². The molecule has 0 saturated heterocycles. The first-order chi connectivity index (χ1) is 10.2. The molecule has 0 fully saturated rings. The summed E-state index contributed by atoms with van der Waals surface area (Å²) in [6, 6.07) is 6.03. The van der Waals surface area contributed by atoms with E-state index in [0.717, 1.165) is 36.9 Å². The summed E-state index contributed by atoms with van der Waals surface area (Å²) in [4.78, 5) is 22.9. The highest BCUT2D eigenvalue weighted by atomic mass is 35.5. The molecular formula is C16H24ClN3O2. The van der Waals surface area contributed by atoms with E-state index in [4.69, 9.17) is 5.73 Å². The maximum atomic E-state index is 11.6. The lowest BCUT2D eigenvalue weighted by molar-refractivity contribution is -0.121. The molecule has 0 bridgehead atoms. The van der Waals surface area contributed by atoms with Gasteiger partial charge in [-0.1, -0.05) is 12.1 Å². The number of hydrogen-bond acceptors (Lipinski definition) is 3. The van der Waals surface area contributed by atoms with Gasteiger partial charge in [-0.05, 0) is 49.4 Å². The molecule has 22 heavy (non-hydrogen) atoms. The lowest BCUT2D eigenvalue weighted by Crippen LogP contribution is -2.24. The second kappa shape index (κ2) is 9.43. The van der Waals surface area contributed by atoms with Crippen LogP contribution in [-0.4, -0.2) is 24.9 Å². The van der Waals surface area contributed by atoms with Gasteiger partial charge in [0.15, 0.2) is 0 Å². The van der Waals surface area contributed by atoms with Gasteiger partial charge in [-0.25, -0.2) is 0 Å². The number of fused-ring (bicyclic) bond motifs is 1. The fourth-order valence-electron chi connectivity index (χ4n) is 2.48. The predicted octanol–water partition coefficient (Wildman–Crippen LogP) is 1.78. The molecule has 6 heteroatoms. The number of amides is 2. The van der Waals surface area contributed by atoms with Gasteiger partial charge in [0.1, 0.15) is 0 Å². The molecule has 1 aromatic rings. The summed E-state index contributed by atoms with van der Waals surface area (Å²) in [5, 5.41) is 5.72. The third-order valence-electron chi connectivity index (χ3n) is 3.62. The van der Waals surface area contributed by atoms with Gasteiger partial charge in [0.05, 0.1) is 6.42 Å². The average molecular weight is 326 g/mol. The van der Waals surface area contributed by atoms with Gasteiger partial charge in [0.25, 0.3) is 0 Å². The summed E-state index contributed by atoms with van der Waals surface area (Å²) in [5.74, 6) is 0.157. The summed E-state index contributed by atoms with van der Waals surface area (Å²) in [6.45, 7) is 1.38. The van der Waals surface area contributed by atoms with Gasteiger partial charge in [-0.3, -0.25) is 9.59 Å². The van der Waals surface area contributed by atoms with Gasteiger partial charge in [0, 0.05) is 18.7 Å². The largest absolute Gasteiger partial charge is 0.356 e. The zero-order valence-corrected chi connectivity index (χ0v) is 13.5. The zero-order chi connectivity index (χ0) is 15.1. The average Bonchev–Trinajstić information content (AvgIpc) is 2.83. The molecule has 1 aliphatic heterocycles. The number of aryl methyl sites for hydroxylation is 1. The van der Waals surface area contributed by atoms with Crippen molar-refractivity contribution in [2.45, 2.75) is 38.5 Å². The molecule has 0 unspecified atom stereocenters. The molecule has 0 aromatic heterocycles. The van der Waals surface area contributed by atoms with Crippen molar-refractivity contribution in [1.82, 2.24) is 5.32 Å². The molecule has 1 aliphatic rings. The molecule has 2 rings (SSSR count). The monoisotopic (exact) mass is 325 g/mol. The van der Waals surface area contributed by atoms with Crippen LogP contribution < -0.4 is 16.4 Å². The van der Waals surface area contributed by atoms with E-state index in [9.17, 15) is 9.59 Å². The molecule has 0 atom stereocenters. The van der Waals surface area contributed by atoms with Gasteiger partial charge in [0.2, 0.25) is 11.8 Å². The highest BCUT2D eigenvalue weighted by Gasteiger charge is 2.17. The molecule has 2 amide bonds. The van der Waals surface area contributed by atoms with E-state index in [1.54, 1.807) is 0 Å². The van der Waals surface area contributed by atoms with Crippen molar-refractivity contribution in [3.05, 3.63) is 29.3 Å². The molecule has 5 nitrogen and oxygen atoms in total. The van der Waals surface area contributed by atoms with Crippen molar-refractivity contribution >= 4 is 29.9 Å². The Kier molecular flexibility index (Phi) is 7.91. The Balaban J connectivity index is 0.00000242. The Bertz CT molecular complexity index is 520. The van der Waals surface area contributed by atoms with Gasteiger partial charge in [-0.15, -0.1) is 12.4 Å². The fraction of sp³-hybridized carbons (Fsp3) is 0.500. The van der Waals surface area contributed by atoms with Crippen molar-refractivity contribution in [3.63, 3.8) is 0 Å². The molecular weight excluding hydrogens is 302 g/mol. The number of rotatable bonds is 8. The lowest BCUT2D eigenvalue weighted by atomic mass is 10.0. The molecule has 0 saturated carbocycles. The van der Waals surface area contributed by atoms with Crippen LogP contribution in [0.15, 0.2) is 18.2 Å². The van der Waals surface area contributed by atoms with Crippen LogP contribution in [0.25, 0.3) is 0 Å². The van der Waals surface area contributed by atoms with Crippen LogP contribution in [0.1, 0.15) is 36.8 Å².